The zero-order valence-corrected chi connectivity index (χ0v) is 12.8. The Morgan fingerprint density at radius 1 is 1.38 bits per heavy atom. The van der Waals surface area contributed by atoms with Crippen LogP contribution in [0.25, 0.3) is 0 Å². The molecule has 1 aliphatic rings. The summed E-state index contributed by atoms with van der Waals surface area (Å²) in [6.45, 7) is 0.184. The van der Waals surface area contributed by atoms with E-state index in [0.29, 0.717) is 18.4 Å². The van der Waals surface area contributed by atoms with E-state index in [9.17, 15) is 9.50 Å². The maximum absolute atomic E-state index is 13.9. The average molecular weight is 329 g/mol. The van der Waals surface area contributed by atoms with E-state index in [1.54, 1.807) is 35.2 Å². The molecule has 0 radical (unpaired) electrons. The van der Waals surface area contributed by atoms with Crippen molar-refractivity contribution in [3.8, 4) is 0 Å². The van der Waals surface area contributed by atoms with E-state index in [4.69, 9.17) is 23.2 Å². The molecule has 1 atom stereocenters. The van der Waals surface area contributed by atoms with Crippen molar-refractivity contribution in [2.75, 3.05) is 0 Å². The van der Waals surface area contributed by atoms with Gasteiger partial charge in [-0.3, -0.25) is 0 Å². The van der Waals surface area contributed by atoms with Gasteiger partial charge in [0.05, 0.1) is 11.4 Å². The molecule has 1 aromatic heterocycles. The van der Waals surface area contributed by atoms with Crippen molar-refractivity contribution in [2.45, 2.75) is 36.3 Å². The Bertz CT molecular complexity index is 657. The van der Waals surface area contributed by atoms with Crippen molar-refractivity contribution in [1.82, 2.24) is 9.55 Å². The number of nitrogens with zero attached hydrogens (tertiary/aromatic N) is 2. The molecule has 1 heterocycles. The van der Waals surface area contributed by atoms with Gasteiger partial charge in [-0.1, -0.05) is 18.2 Å². The zero-order chi connectivity index (χ0) is 15.1. The molecule has 1 aliphatic carbocycles. The summed E-state index contributed by atoms with van der Waals surface area (Å²) < 4.78 is 15.5. The number of rotatable bonds is 5. The van der Waals surface area contributed by atoms with Gasteiger partial charge in [0, 0.05) is 18.8 Å². The lowest BCUT2D eigenvalue weighted by Gasteiger charge is -2.34. The van der Waals surface area contributed by atoms with E-state index in [1.165, 1.54) is 6.07 Å². The number of halogens is 3. The minimum atomic E-state index is -1.28. The summed E-state index contributed by atoms with van der Waals surface area (Å²) in [6.07, 6.45) is 4.77. The lowest BCUT2D eigenvalue weighted by molar-refractivity contribution is 0.0102. The summed E-state index contributed by atoms with van der Waals surface area (Å²) in [6, 6.07) is 6.42. The first-order valence-corrected chi connectivity index (χ1v) is 7.50. The smallest absolute Gasteiger partial charge is 0.202 e. The van der Waals surface area contributed by atoms with Crippen molar-refractivity contribution in [3.05, 3.63) is 53.3 Å². The summed E-state index contributed by atoms with van der Waals surface area (Å²) in [7, 11) is 0. The third kappa shape index (κ3) is 2.80. The lowest BCUT2D eigenvalue weighted by Crippen LogP contribution is -2.47. The predicted molar refractivity (Wildman–Crippen MR) is 80.1 cm³/mol. The van der Waals surface area contributed by atoms with Gasteiger partial charge in [-0.05, 0) is 36.1 Å². The highest BCUT2D eigenvalue weighted by Gasteiger charge is 2.58. The fourth-order valence-corrected chi connectivity index (χ4v) is 2.99. The molecular formula is C15H15Cl2FN2O. The molecule has 3 rings (SSSR count). The monoisotopic (exact) mass is 328 g/mol. The summed E-state index contributed by atoms with van der Waals surface area (Å²) in [5.74, 6) is -0.339. The van der Waals surface area contributed by atoms with Gasteiger partial charge in [0.1, 0.15) is 11.4 Å². The number of aromatic nitrogens is 2. The van der Waals surface area contributed by atoms with Crippen LogP contribution in [0, 0.1) is 5.82 Å². The van der Waals surface area contributed by atoms with E-state index in [0.717, 1.165) is 0 Å². The average Bonchev–Trinajstić information content (AvgIpc) is 3.09. The molecule has 1 saturated carbocycles. The first kappa shape index (κ1) is 14.8. The molecule has 21 heavy (non-hydrogen) atoms. The van der Waals surface area contributed by atoms with Crippen LogP contribution in [-0.4, -0.2) is 25.1 Å². The molecule has 1 aromatic carbocycles. The quantitative estimate of drug-likeness (QED) is 0.854. The molecule has 1 unspecified atom stereocenters. The van der Waals surface area contributed by atoms with Crippen LogP contribution in [0.4, 0.5) is 4.39 Å². The van der Waals surface area contributed by atoms with Gasteiger partial charge < -0.3 is 9.67 Å². The third-order valence-electron chi connectivity index (χ3n) is 4.06. The molecule has 3 nitrogen and oxygen atoms in total. The molecule has 1 fully saturated rings. The Labute approximate surface area is 132 Å². The van der Waals surface area contributed by atoms with E-state index < -0.39 is 10.5 Å². The minimum absolute atomic E-state index is 0.137. The summed E-state index contributed by atoms with van der Waals surface area (Å²) in [5, 5.41) is 11.4. The summed E-state index contributed by atoms with van der Waals surface area (Å²) >= 11 is 12.4. The molecule has 0 amide bonds. The molecule has 2 aromatic rings. The van der Waals surface area contributed by atoms with Gasteiger partial charge in [-0.25, -0.2) is 9.37 Å². The largest absolute Gasteiger partial charge is 0.386 e. The van der Waals surface area contributed by atoms with Gasteiger partial charge in [0.2, 0.25) is 5.28 Å². The van der Waals surface area contributed by atoms with Crippen molar-refractivity contribution >= 4 is 23.2 Å². The topological polar surface area (TPSA) is 38.0 Å². The molecule has 0 bridgehead atoms. The highest BCUT2D eigenvalue weighted by molar-refractivity contribution is 6.28. The molecule has 1 N–H and O–H groups in total. The van der Waals surface area contributed by atoms with E-state index in [2.05, 4.69) is 4.98 Å². The normalized spacial score (nSPS) is 19.2. The third-order valence-corrected chi connectivity index (χ3v) is 5.10. The highest BCUT2D eigenvalue weighted by atomic mass is 35.5. The molecule has 0 aliphatic heterocycles. The molecule has 0 saturated heterocycles. The van der Waals surface area contributed by atoms with Crippen molar-refractivity contribution < 1.29 is 9.50 Å². The molecular weight excluding hydrogens is 314 g/mol. The van der Waals surface area contributed by atoms with Gasteiger partial charge in [-0.15, -0.1) is 11.6 Å². The fourth-order valence-electron chi connectivity index (χ4n) is 2.60. The molecule has 0 spiro atoms. The van der Waals surface area contributed by atoms with Crippen molar-refractivity contribution in [1.29, 1.82) is 0 Å². The second kappa shape index (κ2) is 5.27. The predicted octanol–water partition coefficient (Wildman–Crippen LogP) is 3.42. The van der Waals surface area contributed by atoms with Crippen LogP contribution in [-0.2, 0) is 13.0 Å². The van der Waals surface area contributed by atoms with E-state index in [1.807, 2.05) is 0 Å². The van der Waals surface area contributed by atoms with Crippen LogP contribution in [0.5, 0.6) is 0 Å². The molecule has 112 valence electrons. The first-order chi connectivity index (χ1) is 9.94. The number of hydrogen-bond acceptors (Lipinski definition) is 2. The Hall–Kier alpha value is -1.10. The van der Waals surface area contributed by atoms with Crippen LogP contribution in [0.1, 0.15) is 18.4 Å². The van der Waals surface area contributed by atoms with Crippen molar-refractivity contribution in [2.24, 2.45) is 0 Å². The maximum Gasteiger partial charge on any atom is 0.202 e. The Kier molecular flexibility index (Phi) is 3.72. The highest BCUT2D eigenvalue weighted by Crippen LogP contribution is 2.53. The number of imidazole rings is 1. The number of hydrogen-bond donors (Lipinski definition) is 1. The van der Waals surface area contributed by atoms with Crippen LogP contribution in [0.15, 0.2) is 36.7 Å². The Balaban J connectivity index is 1.91. The van der Waals surface area contributed by atoms with E-state index in [-0.39, 0.29) is 24.1 Å². The van der Waals surface area contributed by atoms with Gasteiger partial charge >= 0.3 is 0 Å². The Morgan fingerprint density at radius 2 is 2.10 bits per heavy atom. The lowest BCUT2D eigenvalue weighted by atomic mass is 9.88. The Morgan fingerprint density at radius 3 is 2.67 bits per heavy atom. The van der Waals surface area contributed by atoms with E-state index >= 15 is 0 Å². The minimum Gasteiger partial charge on any atom is -0.386 e. The fraction of sp³-hybridized carbons (Fsp3) is 0.400. The van der Waals surface area contributed by atoms with Crippen LogP contribution in [0.3, 0.4) is 0 Å². The first-order valence-electron chi connectivity index (χ1n) is 6.75. The number of alkyl halides is 1. The standard InChI is InChI=1S/C15H15Cl2FN2O/c16-13-19-7-8-20(13)10-15(21,14(17)5-6-14)9-11-3-1-2-4-12(11)18/h1-4,7-8,21H,5-6,9-10H2. The summed E-state index contributed by atoms with van der Waals surface area (Å²) in [4.78, 5) is 3.19. The van der Waals surface area contributed by atoms with Gasteiger partial charge in [0.25, 0.3) is 0 Å². The van der Waals surface area contributed by atoms with Gasteiger partial charge in [-0.2, -0.15) is 0 Å². The number of aliphatic hydroxyl groups is 1. The second-order valence-electron chi connectivity index (χ2n) is 5.59. The zero-order valence-electron chi connectivity index (χ0n) is 11.3. The van der Waals surface area contributed by atoms with Crippen LogP contribution >= 0.6 is 23.2 Å². The van der Waals surface area contributed by atoms with Crippen molar-refractivity contribution in [3.63, 3.8) is 0 Å². The summed E-state index contributed by atoms with van der Waals surface area (Å²) in [5.41, 5.74) is -0.829. The molecule has 6 heteroatoms. The second-order valence-corrected chi connectivity index (χ2v) is 6.65. The maximum atomic E-state index is 13.9. The SMILES string of the molecule is OC(Cc1ccccc1F)(Cn1ccnc1Cl)C1(Cl)CC1. The van der Waals surface area contributed by atoms with Crippen LogP contribution < -0.4 is 0 Å². The van der Waals surface area contributed by atoms with Gasteiger partial charge in [0.15, 0.2) is 0 Å². The number of benzene rings is 1. The van der Waals surface area contributed by atoms with Crippen LogP contribution in [0.2, 0.25) is 5.28 Å².